The summed E-state index contributed by atoms with van der Waals surface area (Å²) in [6, 6.07) is 11.6. The minimum absolute atomic E-state index is 0.0387. The number of amides is 6. The highest BCUT2D eigenvalue weighted by Crippen LogP contribution is 2.23. The van der Waals surface area contributed by atoms with Gasteiger partial charge in [-0.3, -0.25) is 28.8 Å². The van der Waals surface area contributed by atoms with Crippen molar-refractivity contribution >= 4 is 47.2 Å². The summed E-state index contributed by atoms with van der Waals surface area (Å²) < 4.78 is 0. The molecule has 0 radical (unpaired) electrons. The molecule has 6 amide bonds. The Labute approximate surface area is 290 Å². The Hall–Kier alpha value is -4.90. The van der Waals surface area contributed by atoms with Gasteiger partial charge in [0, 0.05) is 18.2 Å². The Morgan fingerprint density at radius 2 is 1.71 bits per heavy atom. The third kappa shape index (κ3) is 9.60. The van der Waals surface area contributed by atoms with Crippen LogP contribution in [0.2, 0.25) is 0 Å². The van der Waals surface area contributed by atoms with Crippen LogP contribution in [0, 0.1) is 17.2 Å². The van der Waals surface area contributed by atoms with Gasteiger partial charge in [-0.05, 0) is 61.5 Å². The van der Waals surface area contributed by atoms with Gasteiger partial charge in [-0.1, -0.05) is 50.2 Å². The van der Waals surface area contributed by atoms with Crippen molar-refractivity contribution in [2.24, 2.45) is 5.92 Å². The van der Waals surface area contributed by atoms with Crippen LogP contribution in [0.15, 0.2) is 54.6 Å². The number of hydrogen-bond donors (Lipinski definition) is 5. The number of nitrogens with one attached hydrogen (secondary N) is 5. The maximum atomic E-state index is 14.2. The van der Waals surface area contributed by atoms with Gasteiger partial charge in [0.15, 0.2) is 0 Å². The first-order valence-corrected chi connectivity index (χ1v) is 17.7. The van der Waals surface area contributed by atoms with Gasteiger partial charge >= 0.3 is 0 Å². The lowest BCUT2D eigenvalue weighted by Crippen LogP contribution is -2.59. The van der Waals surface area contributed by atoms with E-state index in [0.29, 0.717) is 23.3 Å². The quantitative estimate of drug-likeness (QED) is 0.288. The third-order valence-electron chi connectivity index (χ3n) is 8.63. The Morgan fingerprint density at radius 1 is 0.980 bits per heavy atom. The maximum absolute atomic E-state index is 14.2. The van der Waals surface area contributed by atoms with Crippen LogP contribution in [0.25, 0.3) is 0 Å². The second-order valence-corrected chi connectivity index (χ2v) is 13.6. The van der Waals surface area contributed by atoms with E-state index in [1.54, 1.807) is 56.3 Å². The normalized spacial score (nSPS) is 25.4. The lowest BCUT2D eigenvalue weighted by molar-refractivity contribution is -0.143. The largest absolute Gasteiger partial charge is 0.347 e. The highest BCUT2D eigenvalue weighted by molar-refractivity contribution is 7.98. The molecule has 2 aliphatic heterocycles. The van der Waals surface area contributed by atoms with Crippen molar-refractivity contribution in [1.29, 1.82) is 5.26 Å². The van der Waals surface area contributed by atoms with Gasteiger partial charge in [-0.15, -0.1) is 0 Å². The van der Waals surface area contributed by atoms with Crippen LogP contribution in [0.3, 0.4) is 0 Å². The Morgan fingerprint density at radius 3 is 2.39 bits per heavy atom. The molecule has 5 N–H and O–H groups in total. The molecule has 0 bridgehead atoms. The molecule has 0 unspecified atom stereocenters. The minimum atomic E-state index is -1.07. The molecule has 2 aromatic carbocycles. The summed E-state index contributed by atoms with van der Waals surface area (Å²) in [7, 11) is 0. The molecule has 2 aliphatic rings. The van der Waals surface area contributed by atoms with Crippen molar-refractivity contribution < 1.29 is 28.8 Å². The van der Waals surface area contributed by atoms with Crippen LogP contribution >= 0.6 is 11.8 Å². The molecule has 14 heteroatoms. The highest BCUT2D eigenvalue weighted by atomic mass is 32.2. The second-order valence-electron chi connectivity index (χ2n) is 12.6. The smallest absolute Gasteiger partial charge is 0.251 e. The molecule has 0 aliphatic carbocycles. The first-order chi connectivity index (χ1) is 23.4. The SMILES string of the molecule is CSCC[C@@H]1NC(=O)C[C@@H](c2ccccc2)NC(=O)[C@H](C)NC(=O)[C@@H]2C[C@H](NC(=O)c3cccc(C#N)c3)CN2C(=O)[C@H](C(C)C)NC1=O. The molecule has 0 aromatic heterocycles. The molecule has 6 atom stereocenters. The topological polar surface area (TPSA) is 190 Å². The third-order valence-corrected chi connectivity index (χ3v) is 9.27. The average molecular weight is 690 g/mol. The second kappa shape index (κ2) is 17.0. The molecule has 260 valence electrons. The molecule has 2 heterocycles. The number of thioether (sulfide) groups is 1. The predicted octanol–water partition coefficient (Wildman–Crippen LogP) is 1.40. The van der Waals surface area contributed by atoms with Crippen LogP contribution in [-0.2, 0) is 24.0 Å². The van der Waals surface area contributed by atoms with Crippen LogP contribution in [0.1, 0.15) is 67.6 Å². The van der Waals surface area contributed by atoms with Crippen LogP contribution in [0.5, 0.6) is 0 Å². The number of carbonyl (C=O) groups is 6. The zero-order valence-electron chi connectivity index (χ0n) is 28.0. The molecule has 0 spiro atoms. The van der Waals surface area contributed by atoms with Crippen molar-refractivity contribution in [2.75, 3.05) is 18.6 Å². The van der Waals surface area contributed by atoms with E-state index in [1.807, 2.05) is 18.4 Å². The van der Waals surface area contributed by atoms with E-state index < -0.39 is 77.6 Å². The molecular formula is C35H43N7O6S. The lowest BCUT2D eigenvalue weighted by Gasteiger charge is -2.32. The Balaban J connectivity index is 1.67. The molecule has 2 aromatic rings. The van der Waals surface area contributed by atoms with Gasteiger partial charge in [-0.2, -0.15) is 17.0 Å². The van der Waals surface area contributed by atoms with Gasteiger partial charge < -0.3 is 31.5 Å². The summed E-state index contributed by atoms with van der Waals surface area (Å²) in [6.45, 7) is 5.00. The zero-order chi connectivity index (χ0) is 35.7. The first-order valence-electron chi connectivity index (χ1n) is 16.3. The summed E-state index contributed by atoms with van der Waals surface area (Å²) in [5.74, 6) is -3.01. The Bertz CT molecular complexity index is 1600. The summed E-state index contributed by atoms with van der Waals surface area (Å²) >= 11 is 1.50. The van der Waals surface area contributed by atoms with E-state index >= 15 is 0 Å². The molecule has 49 heavy (non-hydrogen) atoms. The standard InChI is InChI=1S/C35H43N7O6S/c1-20(2)30-35(48)42-19-25(38-32(45)24-12-8-9-22(15-24)18-36)16-28(42)34(47)37-21(3)31(44)40-27(23-10-6-5-7-11-23)17-29(43)39-26(13-14-49-4)33(46)41-30/h5-12,15,20-21,25-28,30H,13-14,16-17,19H2,1-4H3,(H,37,47)(H,38,45)(H,39,43)(H,40,44)(H,41,46)/t21-,25-,26-,27-,28-,30-/m0/s1. The molecule has 4 rings (SSSR count). The van der Waals surface area contributed by atoms with Crippen LogP contribution in [0.4, 0.5) is 0 Å². The molecular weight excluding hydrogens is 646 g/mol. The van der Waals surface area contributed by atoms with Crippen molar-refractivity contribution in [2.45, 2.75) is 76.3 Å². The van der Waals surface area contributed by atoms with E-state index in [4.69, 9.17) is 0 Å². The summed E-state index contributed by atoms with van der Waals surface area (Å²) in [6.07, 6.45) is 2.06. The van der Waals surface area contributed by atoms with Crippen molar-refractivity contribution in [1.82, 2.24) is 31.5 Å². The monoisotopic (exact) mass is 689 g/mol. The zero-order valence-corrected chi connectivity index (χ0v) is 28.8. The van der Waals surface area contributed by atoms with E-state index in [2.05, 4.69) is 26.6 Å². The number of carbonyl (C=O) groups excluding carboxylic acids is 6. The molecule has 2 fully saturated rings. The molecule has 13 nitrogen and oxygen atoms in total. The predicted molar refractivity (Wildman–Crippen MR) is 184 cm³/mol. The number of benzene rings is 2. The summed E-state index contributed by atoms with van der Waals surface area (Å²) in [5.41, 5.74) is 1.22. The van der Waals surface area contributed by atoms with Crippen LogP contribution in [-0.4, -0.2) is 89.1 Å². The minimum Gasteiger partial charge on any atom is -0.347 e. The fourth-order valence-corrected chi connectivity index (χ4v) is 6.40. The van der Waals surface area contributed by atoms with Gasteiger partial charge in [-0.25, -0.2) is 0 Å². The first kappa shape index (κ1) is 36.9. The fraction of sp³-hybridized carbons (Fsp3) is 0.457. The fourth-order valence-electron chi connectivity index (χ4n) is 5.93. The maximum Gasteiger partial charge on any atom is 0.251 e. The van der Waals surface area contributed by atoms with E-state index in [1.165, 1.54) is 29.7 Å². The average Bonchev–Trinajstić information content (AvgIpc) is 3.51. The number of fused-ring (bicyclic) bond motifs is 1. The van der Waals surface area contributed by atoms with E-state index in [-0.39, 0.29) is 24.9 Å². The number of nitriles is 1. The highest BCUT2D eigenvalue weighted by Gasteiger charge is 2.44. The summed E-state index contributed by atoms with van der Waals surface area (Å²) in [4.78, 5) is 83.0. The van der Waals surface area contributed by atoms with Gasteiger partial charge in [0.1, 0.15) is 24.2 Å². The van der Waals surface area contributed by atoms with Crippen molar-refractivity contribution in [3.63, 3.8) is 0 Å². The number of rotatable bonds is 7. The Kier molecular flexibility index (Phi) is 12.8. The van der Waals surface area contributed by atoms with Gasteiger partial charge in [0.2, 0.25) is 29.5 Å². The van der Waals surface area contributed by atoms with Crippen molar-refractivity contribution in [3.8, 4) is 6.07 Å². The van der Waals surface area contributed by atoms with E-state index in [9.17, 15) is 34.0 Å². The van der Waals surface area contributed by atoms with Crippen LogP contribution < -0.4 is 26.6 Å². The van der Waals surface area contributed by atoms with Crippen molar-refractivity contribution in [3.05, 3.63) is 71.3 Å². The molecule has 2 saturated heterocycles. The number of hydrogen-bond acceptors (Lipinski definition) is 8. The van der Waals surface area contributed by atoms with Gasteiger partial charge in [0.25, 0.3) is 5.91 Å². The lowest BCUT2D eigenvalue weighted by atomic mass is 10.0. The molecule has 0 saturated carbocycles. The van der Waals surface area contributed by atoms with E-state index in [0.717, 1.165) is 0 Å². The number of nitrogens with zero attached hydrogens (tertiary/aromatic N) is 2. The van der Waals surface area contributed by atoms with Gasteiger partial charge in [0.05, 0.1) is 24.1 Å². The summed E-state index contributed by atoms with van der Waals surface area (Å²) in [5, 5.41) is 23.3.